The summed E-state index contributed by atoms with van der Waals surface area (Å²) in [6, 6.07) is 0.798. The molecule has 3 amide bonds. The van der Waals surface area contributed by atoms with Gasteiger partial charge in [-0.2, -0.15) is 0 Å². The average molecular weight is 273 g/mol. The number of rotatable bonds is 5. The van der Waals surface area contributed by atoms with Gasteiger partial charge in [-0.3, -0.25) is 5.32 Å². The molecular formula is C9H11N3O5S. The Kier molecular flexibility index (Phi) is 4.93. The number of anilines is 1. The third-order valence-corrected chi connectivity index (χ3v) is 2.58. The van der Waals surface area contributed by atoms with Crippen LogP contribution in [0.1, 0.15) is 10.4 Å². The second-order valence-corrected chi connectivity index (χ2v) is 3.93. The lowest BCUT2D eigenvalue weighted by molar-refractivity contribution is 0.0698. The molecule has 9 heteroatoms. The molecule has 1 aromatic heterocycles. The average Bonchev–Trinajstić information content (AvgIpc) is 2.72. The Balaban J connectivity index is 2.38. The molecule has 0 radical (unpaired) electrons. The van der Waals surface area contributed by atoms with E-state index >= 15 is 0 Å². The number of nitrogens with one attached hydrogen (secondary N) is 2. The van der Waals surface area contributed by atoms with E-state index in [0.717, 1.165) is 11.3 Å². The van der Waals surface area contributed by atoms with Gasteiger partial charge in [-0.25, -0.2) is 14.4 Å². The number of amides is 3. The van der Waals surface area contributed by atoms with Gasteiger partial charge in [-0.1, -0.05) is 0 Å². The van der Waals surface area contributed by atoms with Crippen LogP contribution >= 0.6 is 11.3 Å². The molecule has 5 N–H and O–H groups in total. The van der Waals surface area contributed by atoms with Crippen molar-refractivity contribution >= 4 is 34.4 Å². The lowest BCUT2D eigenvalue weighted by Crippen LogP contribution is -2.32. The molecule has 1 rings (SSSR count). The molecule has 0 spiro atoms. The topological polar surface area (TPSA) is 131 Å². The van der Waals surface area contributed by atoms with E-state index in [2.05, 4.69) is 15.4 Å². The maximum absolute atomic E-state index is 11.3. The van der Waals surface area contributed by atoms with Crippen molar-refractivity contribution in [2.45, 2.75) is 0 Å². The zero-order chi connectivity index (χ0) is 13.5. The summed E-state index contributed by atoms with van der Waals surface area (Å²) in [5, 5.41) is 15.3. The standard InChI is InChI=1S/C9H11N3O5S/c10-8(15)17-3-2-11-9(16)12-6-5(7(13)14)1-4-18-6/h1,4H,2-3H2,(H2,10,15)(H,13,14)(H2,11,12,16). The van der Waals surface area contributed by atoms with Gasteiger partial charge >= 0.3 is 18.1 Å². The Morgan fingerprint density at radius 3 is 2.78 bits per heavy atom. The summed E-state index contributed by atoms with van der Waals surface area (Å²) in [6.07, 6.45) is -0.927. The predicted octanol–water partition coefficient (Wildman–Crippen LogP) is 0.663. The molecule has 0 atom stereocenters. The number of carboxylic acid groups (broad SMARTS) is 1. The highest BCUT2D eigenvalue weighted by atomic mass is 32.1. The zero-order valence-corrected chi connectivity index (χ0v) is 9.95. The van der Waals surface area contributed by atoms with Crippen molar-refractivity contribution < 1.29 is 24.2 Å². The minimum Gasteiger partial charge on any atom is -0.478 e. The molecule has 0 unspecified atom stereocenters. The summed E-state index contributed by atoms with van der Waals surface area (Å²) >= 11 is 1.09. The molecule has 0 fully saturated rings. The van der Waals surface area contributed by atoms with Crippen LogP contribution in [-0.4, -0.2) is 36.4 Å². The second kappa shape index (κ2) is 6.45. The minimum atomic E-state index is -1.12. The summed E-state index contributed by atoms with van der Waals surface area (Å²) in [4.78, 5) is 32.3. The lowest BCUT2D eigenvalue weighted by atomic mass is 10.3. The van der Waals surface area contributed by atoms with E-state index in [0.29, 0.717) is 0 Å². The normalized spacial score (nSPS) is 9.56. The van der Waals surface area contributed by atoms with Crippen molar-refractivity contribution in [3.8, 4) is 0 Å². The number of thiophene rings is 1. The number of carbonyl (C=O) groups is 3. The van der Waals surface area contributed by atoms with Gasteiger partial charge in [-0.05, 0) is 11.4 Å². The van der Waals surface area contributed by atoms with Crippen LogP contribution in [0, 0.1) is 0 Å². The van der Waals surface area contributed by atoms with E-state index in [1.807, 2.05) is 0 Å². The Morgan fingerprint density at radius 1 is 1.44 bits per heavy atom. The van der Waals surface area contributed by atoms with E-state index in [4.69, 9.17) is 10.8 Å². The summed E-state index contributed by atoms with van der Waals surface area (Å²) in [5.74, 6) is -1.12. The van der Waals surface area contributed by atoms with Crippen molar-refractivity contribution in [2.75, 3.05) is 18.5 Å². The first kappa shape index (κ1) is 13.8. The lowest BCUT2D eigenvalue weighted by Gasteiger charge is -2.06. The second-order valence-electron chi connectivity index (χ2n) is 3.02. The molecule has 0 aliphatic rings. The van der Waals surface area contributed by atoms with E-state index < -0.39 is 18.1 Å². The van der Waals surface area contributed by atoms with Gasteiger partial charge in [0.25, 0.3) is 0 Å². The van der Waals surface area contributed by atoms with Crippen molar-refractivity contribution in [1.82, 2.24) is 5.32 Å². The van der Waals surface area contributed by atoms with Crippen molar-refractivity contribution in [2.24, 2.45) is 5.73 Å². The maximum atomic E-state index is 11.3. The number of aromatic carboxylic acids is 1. The largest absolute Gasteiger partial charge is 0.478 e. The summed E-state index contributed by atoms with van der Waals surface area (Å²) < 4.78 is 4.39. The fraction of sp³-hybridized carbons (Fsp3) is 0.222. The fourth-order valence-corrected chi connectivity index (χ4v) is 1.81. The molecule has 0 aromatic carbocycles. The van der Waals surface area contributed by atoms with Gasteiger partial charge in [0.2, 0.25) is 0 Å². The van der Waals surface area contributed by atoms with E-state index in [-0.39, 0.29) is 23.7 Å². The number of ether oxygens (including phenoxy) is 1. The fourth-order valence-electron chi connectivity index (χ4n) is 1.04. The van der Waals surface area contributed by atoms with Gasteiger partial charge in [0, 0.05) is 0 Å². The summed E-state index contributed by atoms with van der Waals surface area (Å²) in [6.45, 7) is 0.0154. The van der Waals surface area contributed by atoms with Crippen LogP contribution in [0.15, 0.2) is 11.4 Å². The number of primary amides is 1. The van der Waals surface area contributed by atoms with Gasteiger partial charge in [0.1, 0.15) is 11.6 Å². The van der Waals surface area contributed by atoms with Gasteiger partial charge in [0.05, 0.1) is 12.1 Å². The molecule has 18 heavy (non-hydrogen) atoms. The van der Waals surface area contributed by atoms with Crippen molar-refractivity contribution in [3.05, 3.63) is 17.0 Å². The summed E-state index contributed by atoms with van der Waals surface area (Å²) in [5.41, 5.74) is 4.74. The van der Waals surface area contributed by atoms with Crippen LogP contribution in [0.5, 0.6) is 0 Å². The van der Waals surface area contributed by atoms with E-state index in [1.54, 1.807) is 5.38 Å². The molecule has 0 bridgehead atoms. The monoisotopic (exact) mass is 273 g/mol. The number of carbonyl (C=O) groups excluding carboxylic acids is 2. The first-order valence-corrected chi connectivity index (χ1v) is 5.66. The smallest absolute Gasteiger partial charge is 0.404 e. The number of carboxylic acids is 1. The molecule has 98 valence electrons. The minimum absolute atomic E-state index is 0.0172. The highest BCUT2D eigenvalue weighted by Crippen LogP contribution is 2.22. The number of hydrogen-bond donors (Lipinski definition) is 4. The van der Waals surface area contributed by atoms with Crippen LogP contribution in [0.3, 0.4) is 0 Å². The highest BCUT2D eigenvalue weighted by Gasteiger charge is 2.13. The van der Waals surface area contributed by atoms with Crippen LogP contribution in [0.2, 0.25) is 0 Å². The van der Waals surface area contributed by atoms with Crippen LogP contribution < -0.4 is 16.4 Å². The van der Waals surface area contributed by atoms with Crippen LogP contribution in [0.4, 0.5) is 14.6 Å². The molecule has 0 aliphatic heterocycles. The number of hydrogen-bond acceptors (Lipinski definition) is 5. The van der Waals surface area contributed by atoms with Crippen LogP contribution in [-0.2, 0) is 4.74 Å². The Labute approximate surface area is 106 Å². The van der Waals surface area contributed by atoms with Crippen LogP contribution in [0.25, 0.3) is 0 Å². The molecule has 0 aliphatic carbocycles. The van der Waals surface area contributed by atoms with E-state index in [1.165, 1.54) is 6.07 Å². The Hall–Kier alpha value is -2.29. The third kappa shape index (κ3) is 4.29. The molecular weight excluding hydrogens is 262 g/mol. The Bertz CT molecular complexity index is 459. The van der Waals surface area contributed by atoms with Gasteiger partial charge in [-0.15, -0.1) is 11.3 Å². The quantitative estimate of drug-likeness (QED) is 0.585. The zero-order valence-electron chi connectivity index (χ0n) is 9.13. The first-order chi connectivity index (χ1) is 8.50. The molecule has 0 saturated heterocycles. The molecule has 1 aromatic rings. The first-order valence-electron chi connectivity index (χ1n) is 4.78. The highest BCUT2D eigenvalue weighted by molar-refractivity contribution is 7.14. The van der Waals surface area contributed by atoms with Gasteiger partial charge < -0.3 is 20.9 Å². The predicted molar refractivity (Wildman–Crippen MR) is 63.8 cm³/mol. The number of nitrogens with two attached hydrogens (primary N) is 1. The molecule has 0 saturated carbocycles. The Morgan fingerprint density at radius 2 is 2.17 bits per heavy atom. The van der Waals surface area contributed by atoms with E-state index in [9.17, 15) is 14.4 Å². The number of urea groups is 1. The van der Waals surface area contributed by atoms with Gasteiger partial charge in [0.15, 0.2) is 0 Å². The van der Waals surface area contributed by atoms with Crippen molar-refractivity contribution in [3.63, 3.8) is 0 Å². The van der Waals surface area contributed by atoms with Crippen molar-refractivity contribution in [1.29, 1.82) is 0 Å². The maximum Gasteiger partial charge on any atom is 0.404 e. The molecule has 8 nitrogen and oxygen atoms in total. The molecule has 1 heterocycles. The SMILES string of the molecule is NC(=O)OCCNC(=O)Nc1sccc1C(=O)O. The third-order valence-electron chi connectivity index (χ3n) is 1.75. The summed E-state index contributed by atoms with van der Waals surface area (Å²) in [7, 11) is 0.